The predicted octanol–water partition coefficient (Wildman–Crippen LogP) is 3.30. The number of aromatic nitrogens is 2. The van der Waals surface area contributed by atoms with Gasteiger partial charge in [0.25, 0.3) is 5.89 Å². The van der Waals surface area contributed by atoms with Crippen LogP contribution in [-0.4, -0.2) is 23.2 Å². The highest BCUT2D eigenvalue weighted by molar-refractivity contribution is 5.94. The van der Waals surface area contributed by atoms with Crippen molar-refractivity contribution in [2.45, 2.75) is 12.8 Å². The van der Waals surface area contributed by atoms with Crippen LogP contribution in [0.5, 0.6) is 5.75 Å². The number of carbonyl (C=O) groups excluding carboxylic acids is 1. The van der Waals surface area contributed by atoms with Gasteiger partial charge in [-0.05, 0) is 42.3 Å². The van der Waals surface area contributed by atoms with Crippen LogP contribution in [0.15, 0.2) is 46.9 Å². The third-order valence-electron chi connectivity index (χ3n) is 4.01. The van der Waals surface area contributed by atoms with E-state index in [1.807, 2.05) is 42.5 Å². The molecule has 1 N–H and O–H groups in total. The molecule has 1 aliphatic rings. The number of carbonyl (C=O) groups is 1. The fourth-order valence-corrected chi connectivity index (χ4v) is 2.79. The summed E-state index contributed by atoms with van der Waals surface area (Å²) in [7, 11) is 1.61. The predicted molar refractivity (Wildman–Crippen MR) is 88.7 cm³/mol. The largest absolute Gasteiger partial charge is 0.496 e. The van der Waals surface area contributed by atoms with E-state index in [1.165, 1.54) is 0 Å². The van der Waals surface area contributed by atoms with Gasteiger partial charge < -0.3 is 14.5 Å². The summed E-state index contributed by atoms with van der Waals surface area (Å²) < 4.78 is 11.2. The van der Waals surface area contributed by atoms with Gasteiger partial charge in [-0.25, -0.2) is 0 Å². The average molecular weight is 321 g/mol. The minimum absolute atomic E-state index is 0.0477. The number of amides is 1. The quantitative estimate of drug-likeness (QED) is 0.801. The minimum atomic E-state index is 0.0477. The molecule has 0 fully saturated rings. The molecule has 0 saturated heterocycles. The van der Waals surface area contributed by atoms with Crippen LogP contribution in [0.2, 0.25) is 0 Å². The summed E-state index contributed by atoms with van der Waals surface area (Å²) in [5, 5.41) is 11.1. The maximum Gasteiger partial charge on any atom is 0.251 e. The zero-order valence-corrected chi connectivity index (χ0v) is 13.1. The Morgan fingerprint density at radius 3 is 2.79 bits per heavy atom. The molecular formula is C18H15N3O3. The topological polar surface area (TPSA) is 77.2 Å². The summed E-state index contributed by atoms with van der Waals surface area (Å²) in [4.78, 5) is 11.4. The maximum atomic E-state index is 11.4. The summed E-state index contributed by atoms with van der Waals surface area (Å²) in [5.41, 5.74) is 3.51. The number of ether oxygens (including phenoxy) is 1. The van der Waals surface area contributed by atoms with Gasteiger partial charge in [-0.1, -0.05) is 12.1 Å². The van der Waals surface area contributed by atoms with Crippen molar-refractivity contribution in [1.82, 2.24) is 10.2 Å². The molecule has 120 valence electrons. The van der Waals surface area contributed by atoms with Crippen LogP contribution in [-0.2, 0) is 11.2 Å². The fourth-order valence-electron chi connectivity index (χ4n) is 2.79. The van der Waals surface area contributed by atoms with Gasteiger partial charge in [0.05, 0.1) is 12.7 Å². The standard InChI is InChI=1S/C18H15N3O3/c1-23-15-5-3-2-4-13(15)18-21-20-17(24-18)12-6-8-14-11(10-12)7-9-16(22)19-14/h2-6,8,10H,7,9H2,1H3,(H,19,22). The molecule has 0 unspecified atom stereocenters. The summed E-state index contributed by atoms with van der Waals surface area (Å²) in [6.07, 6.45) is 1.20. The molecule has 2 heterocycles. The number of anilines is 1. The molecule has 3 aromatic rings. The summed E-state index contributed by atoms with van der Waals surface area (Å²) in [5.74, 6) is 1.58. The van der Waals surface area contributed by atoms with Crippen molar-refractivity contribution >= 4 is 11.6 Å². The van der Waals surface area contributed by atoms with E-state index in [4.69, 9.17) is 9.15 Å². The molecule has 6 nitrogen and oxygen atoms in total. The van der Waals surface area contributed by atoms with E-state index in [2.05, 4.69) is 15.5 Å². The van der Waals surface area contributed by atoms with Crippen molar-refractivity contribution in [1.29, 1.82) is 0 Å². The number of hydrogen-bond donors (Lipinski definition) is 1. The third-order valence-corrected chi connectivity index (χ3v) is 4.01. The van der Waals surface area contributed by atoms with E-state index in [9.17, 15) is 4.79 Å². The first kappa shape index (κ1) is 14.4. The highest BCUT2D eigenvalue weighted by Crippen LogP contribution is 2.32. The van der Waals surface area contributed by atoms with Crippen LogP contribution in [0.3, 0.4) is 0 Å². The Kier molecular flexibility index (Phi) is 3.49. The smallest absolute Gasteiger partial charge is 0.251 e. The van der Waals surface area contributed by atoms with Crippen LogP contribution < -0.4 is 10.1 Å². The molecule has 24 heavy (non-hydrogen) atoms. The molecule has 4 rings (SSSR count). The zero-order chi connectivity index (χ0) is 16.5. The highest BCUT2D eigenvalue weighted by atomic mass is 16.5. The molecule has 0 bridgehead atoms. The summed E-state index contributed by atoms with van der Waals surface area (Å²) in [6, 6.07) is 13.2. The molecular weight excluding hydrogens is 306 g/mol. The van der Waals surface area contributed by atoms with Crippen molar-refractivity contribution in [2.75, 3.05) is 12.4 Å². The van der Waals surface area contributed by atoms with Gasteiger partial charge in [-0.15, -0.1) is 10.2 Å². The van der Waals surface area contributed by atoms with E-state index in [0.717, 1.165) is 22.4 Å². The Hall–Kier alpha value is -3.15. The van der Waals surface area contributed by atoms with Crippen LogP contribution >= 0.6 is 0 Å². The Morgan fingerprint density at radius 1 is 1.08 bits per heavy atom. The van der Waals surface area contributed by atoms with Gasteiger partial charge in [0, 0.05) is 17.7 Å². The van der Waals surface area contributed by atoms with E-state index in [-0.39, 0.29) is 5.91 Å². The first-order valence-electron chi connectivity index (χ1n) is 7.64. The lowest BCUT2D eigenvalue weighted by molar-refractivity contribution is -0.116. The lowest BCUT2D eigenvalue weighted by atomic mass is 10.0. The van der Waals surface area contributed by atoms with Crippen LogP contribution in [0.25, 0.3) is 22.9 Å². The van der Waals surface area contributed by atoms with Crippen molar-refractivity contribution in [2.24, 2.45) is 0 Å². The van der Waals surface area contributed by atoms with E-state index >= 15 is 0 Å². The number of rotatable bonds is 3. The summed E-state index contributed by atoms with van der Waals surface area (Å²) in [6.45, 7) is 0. The van der Waals surface area contributed by atoms with Crippen molar-refractivity contribution in [3.63, 3.8) is 0 Å². The summed E-state index contributed by atoms with van der Waals surface area (Å²) >= 11 is 0. The molecule has 6 heteroatoms. The second-order valence-corrected chi connectivity index (χ2v) is 5.53. The number of hydrogen-bond acceptors (Lipinski definition) is 5. The third kappa shape index (κ3) is 2.52. The molecule has 1 amide bonds. The average Bonchev–Trinajstić information content (AvgIpc) is 3.11. The highest BCUT2D eigenvalue weighted by Gasteiger charge is 2.18. The van der Waals surface area contributed by atoms with Gasteiger partial charge >= 0.3 is 0 Å². The second kappa shape index (κ2) is 5.81. The number of para-hydroxylation sites is 1. The molecule has 1 aliphatic heterocycles. The van der Waals surface area contributed by atoms with Crippen LogP contribution in [0.4, 0.5) is 5.69 Å². The van der Waals surface area contributed by atoms with E-state index in [0.29, 0.717) is 30.4 Å². The lowest BCUT2D eigenvalue weighted by Gasteiger charge is -2.16. The molecule has 0 saturated carbocycles. The molecule has 2 aromatic carbocycles. The molecule has 0 radical (unpaired) electrons. The second-order valence-electron chi connectivity index (χ2n) is 5.53. The van der Waals surface area contributed by atoms with Crippen molar-refractivity contribution in [3.05, 3.63) is 48.0 Å². The van der Waals surface area contributed by atoms with Gasteiger partial charge in [0.15, 0.2) is 0 Å². The Labute approximate surface area is 138 Å². The lowest BCUT2D eigenvalue weighted by Crippen LogP contribution is -2.18. The number of fused-ring (bicyclic) bond motifs is 1. The first-order valence-corrected chi connectivity index (χ1v) is 7.64. The molecule has 0 aliphatic carbocycles. The monoisotopic (exact) mass is 321 g/mol. The number of nitrogens with zero attached hydrogens (tertiary/aromatic N) is 2. The molecule has 0 spiro atoms. The molecule has 1 aromatic heterocycles. The number of aryl methyl sites for hydroxylation is 1. The number of nitrogens with one attached hydrogen (secondary N) is 1. The van der Waals surface area contributed by atoms with Crippen LogP contribution in [0.1, 0.15) is 12.0 Å². The fraction of sp³-hybridized carbons (Fsp3) is 0.167. The van der Waals surface area contributed by atoms with Crippen LogP contribution in [0, 0.1) is 0 Å². The number of methoxy groups -OCH3 is 1. The van der Waals surface area contributed by atoms with Gasteiger partial charge in [-0.2, -0.15) is 0 Å². The Morgan fingerprint density at radius 2 is 1.92 bits per heavy atom. The number of benzene rings is 2. The van der Waals surface area contributed by atoms with Gasteiger partial charge in [0.2, 0.25) is 11.8 Å². The Bertz CT molecular complexity index is 917. The SMILES string of the molecule is COc1ccccc1-c1nnc(-c2ccc3c(c2)CCC(=O)N3)o1. The minimum Gasteiger partial charge on any atom is -0.496 e. The van der Waals surface area contributed by atoms with E-state index < -0.39 is 0 Å². The van der Waals surface area contributed by atoms with E-state index in [1.54, 1.807) is 7.11 Å². The van der Waals surface area contributed by atoms with Crippen molar-refractivity contribution < 1.29 is 13.9 Å². The Balaban J connectivity index is 1.69. The van der Waals surface area contributed by atoms with Crippen molar-refractivity contribution in [3.8, 4) is 28.7 Å². The van der Waals surface area contributed by atoms with Gasteiger partial charge in [-0.3, -0.25) is 4.79 Å². The maximum absolute atomic E-state index is 11.4. The zero-order valence-electron chi connectivity index (χ0n) is 13.1. The normalized spacial score (nSPS) is 13.3. The first-order chi connectivity index (χ1) is 11.7. The van der Waals surface area contributed by atoms with Gasteiger partial charge in [0.1, 0.15) is 5.75 Å². The molecule has 0 atom stereocenters.